The highest BCUT2D eigenvalue weighted by atomic mass is 16.5. The SMILES string of the molecule is C=C[C@]1(CO)C[C@@H](O)[C@@H]2[C@]3(C)CC[C@@H](O)[C@](C)(C(=O)OC)[C@@H]3CC[C@]2(C)O1. The summed E-state index contributed by atoms with van der Waals surface area (Å²) in [4.78, 5) is 12.7. The zero-order valence-electron chi connectivity index (χ0n) is 16.9. The average Bonchev–Trinajstić information content (AvgIpc) is 2.63. The number of esters is 1. The van der Waals surface area contributed by atoms with Crippen LogP contribution in [0.15, 0.2) is 12.7 Å². The van der Waals surface area contributed by atoms with E-state index in [0.717, 1.165) is 0 Å². The molecule has 6 nitrogen and oxygen atoms in total. The zero-order chi connectivity index (χ0) is 20.3. The first-order valence-electron chi connectivity index (χ1n) is 9.92. The first-order chi connectivity index (χ1) is 12.5. The van der Waals surface area contributed by atoms with Crippen LogP contribution in [0.5, 0.6) is 0 Å². The fourth-order valence-electron chi connectivity index (χ4n) is 6.85. The average molecular weight is 382 g/mol. The van der Waals surface area contributed by atoms with Gasteiger partial charge in [0.2, 0.25) is 0 Å². The molecular formula is C21H34O6. The Labute approximate surface area is 161 Å². The van der Waals surface area contributed by atoms with Crippen molar-refractivity contribution in [3.63, 3.8) is 0 Å². The maximum Gasteiger partial charge on any atom is 0.314 e. The van der Waals surface area contributed by atoms with Gasteiger partial charge in [-0.3, -0.25) is 4.79 Å². The molecule has 0 aromatic carbocycles. The summed E-state index contributed by atoms with van der Waals surface area (Å²) in [5, 5.41) is 31.8. The number of carbonyl (C=O) groups excluding carboxylic acids is 1. The second-order valence-electron chi connectivity index (χ2n) is 9.52. The maximum atomic E-state index is 12.7. The summed E-state index contributed by atoms with van der Waals surface area (Å²) in [6.07, 6.45) is 2.89. The van der Waals surface area contributed by atoms with Crippen LogP contribution >= 0.6 is 0 Å². The van der Waals surface area contributed by atoms with Gasteiger partial charge < -0.3 is 24.8 Å². The third-order valence-electron chi connectivity index (χ3n) is 8.11. The van der Waals surface area contributed by atoms with Crippen LogP contribution < -0.4 is 0 Å². The predicted molar refractivity (Wildman–Crippen MR) is 99.8 cm³/mol. The fourth-order valence-corrected chi connectivity index (χ4v) is 6.85. The number of fused-ring (bicyclic) bond motifs is 3. The van der Waals surface area contributed by atoms with Crippen molar-refractivity contribution in [2.24, 2.45) is 22.7 Å². The van der Waals surface area contributed by atoms with Crippen molar-refractivity contribution < 1.29 is 29.6 Å². The highest BCUT2D eigenvalue weighted by molar-refractivity contribution is 5.78. The van der Waals surface area contributed by atoms with Gasteiger partial charge in [-0.25, -0.2) is 0 Å². The van der Waals surface area contributed by atoms with E-state index < -0.39 is 40.2 Å². The van der Waals surface area contributed by atoms with Crippen LogP contribution in [-0.2, 0) is 14.3 Å². The Hall–Kier alpha value is -0.950. The van der Waals surface area contributed by atoms with Crippen molar-refractivity contribution in [3.8, 4) is 0 Å². The number of methoxy groups -OCH3 is 1. The van der Waals surface area contributed by atoms with E-state index in [1.54, 1.807) is 13.0 Å². The lowest BCUT2D eigenvalue weighted by atomic mass is 9.43. The molecule has 6 heteroatoms. The van der Waals surface area contributed by atoms with Crippen LogP contribution in [0, 0.1) is 22.7 Å². The summed E-state index contributed by atoms with van der Waals surface area (Å²) < 4.78 is 11.5. The number of ether oxygens (including phenoxy) is 2. The minimum absolute atomic E-state index is 0.122. The van der Waals surface area contributed by atoms with Gasteiger partial charge in [0.1, 0.15) is 5.60 Å². The van der Waals surface area contributed by atoms with Crippen LogP contribution in [0.25, 0.3) is 0 Å². The molecule has 154 valence electrons. The third kappa shape index (κ3) is 2.71. The van der Waals surface area contributed by atoms with Gasteiger partial charge in [-0.2, -0.15) is 0 Å². The molecule has 0 radical (unpaired) electrons. The molecule has 27 heavy (non-hydrogen) atoms. The number of hydrogen-bond donors (Lipinski definition) is 3. The molecule has 0 aromatic rings. The van der Waals surface area contributed by atoms with Gasteiger partial charge in [0, 0.05) is 12.3 Å². The normalized spacial score (nSPS) is 52.4. The number of carbonyl (C=O) groups is 1. The van der Waals surface area contributed by atoms with E-state index >= 15 is 0 Å². The molecule has 0 aromatic heterocycles. The molecule has 0 bridgehead atoms. The molecular weight excluding hydrogens is 348 g/mol. The van der Waals surface area contributed by atoms with Gasteiger partial charge in [0.25, 0.3) is 0 Å². The maximum absolute atomic E-state index is 12.7. The van der Waals surface area contributed by atoms with Gasteiger partial charge in [-0.1, -0.05) is 13.0 Å². The lowest BCUT2D eigenvalue weighted by molar-refractivity contribution is -0.299. The number of aliphatic hydroxyl groups excluding tert-OH is 3. The lowest BCUT2D eigenvalue weighted by Gasteiger charge is -2.66. The van der Waals surface area contributed by atoms with Crippen molar-refractivity contribution in [2.45, 2.75) is 76.3 Å². The Bertz CT molecular complexity index is 622. The summed E-state index contributed by atoms with van der Waals surface area (Å²) in [6, 6.07) is 0. The Morgan fingerprint density at radius 3 is 2.48 bits per heavy atom. The van der Waals surface area contributed by atoms with Crippen molar-refractivity contribution >= 4 is 5.97 Å². The van der Waals surface area contributed by atoms with Crippen LogP contribution in [-0.4, -0.2) is 58.4 Å². The number of aliphatic hydroxyl groups is 3. The first-order valence-corrected chi connectivity index (χ1v) is 9.92. The first kappa shape index (κ1) is 20.8. The minimum Gasteiger partial charge on any atom is -0.469 e. The van der Waals surface area contributed by atoms with Gasteiger partial charge in [-0.15, -0.1) is 6.58 Å². The van der Waals surface area contributed by atoms with Crippen LogP contribution in [0.1, 0.15) is 52.9 Å². The van der Waals surface area contributed by atoms with Crippen molar-refractivity contribution in [3.05, 3.63) is 12.7 Å². The summed E-state index contributed by atoms with van der Waals surface area (Å²) in [5.41, 5.74) is -2.99. The molecule has 3 N–H and O–H groups in total. The Morgan fingerprint density at radius 1 is 1.26 bits per heavy atom. The fraction of sp³-hybridized carbons (Fsp3) is 0.857. The smallest absolute Gasteiger partial charge is 0.314 e. The second-order valence-corrected chi connectivity index (χ2v) is 9.52. The Morgan fingerprint density at radius 2 is 1.93 bits per heavy atom. The predicted octanol–water partition coefficient (Wildman–Crippen LogP) is 1.81. The summed E-state index contributed by atoms with van der Waals surface area (Å²) in [5.74, 6) is -0.723. The van der Waals surface area contributed by atoms with Crippen LogP contribution in [0.4, 0.5) is 0 Å². The van der Waals surface area contributed by atoms with E-state index in [9.17, 15) is 20.1 Å². The molecule has 2 aliphatic carbocycles. The molecule has 3 rings (SSSR count). The molecule has 2 saturated carbocycles. The summed E-state index contributed by atoms with van der Waals surface area (Å²) in [6.45, 7) is 9.48. The van der Waals surface area contributed by atoms with E-state index in [1.165, 1.54) is 7.11 Å². The topological polar surface area (TPSA) is 96.2 Å². The molecule has 3 fully saturated rings. The van der Waals surface area contributed by atoms with Crippen LogP contribution in [0.3, 0.4) is 0 Å². The van der Waals surface area contributed by atoms with E-state index in [2.05, 4.69) is 13.5 Å². The molecule has 8 atom stereocenters. The van der Waals surface area contributed by atoms with E-state index in [0.29, 0.717) is 25.7 Å². The van der Waals surface area contributed by atoms with Crippen molar-refractivity contribution in [1.82, 2.24) is 0 Å². The lowest BCUT2D eigenvalue weighted by Crippen LogP contribution is -2.70. The molecule has 1 heterocycles. The monoisotopic (exact) mass is 382 g/mol. The van der Waals surface area contributed by atoms with Gasteiger partial charge in [0.15, 0.2) is 0 Å². The highest BCUT2D eigenvalue weighted by Crippen LogP contribution is 2.65. The van der Waals surface area contributed by atoms with Gasteiger partial charge in [-0.05, 0) is 50.9 Å². The minimum atomic E-state index is -1.01. The quantitative estimate of drug-likeness (QED) is 0.509. The van der Waals surface area contributed by atoms with Crippen LogP contribution in [0.2, 0.25) is 0 Å². The Kier molecular flexibility index (Phi) is 5.04. The van der Waals surface area contributed by atoms with Gasteiger partial charge in [0.05, 0.1) is 36.9 Å². The molecule has 1 saturated heterocycles. The molecule has 0 amide bonds. The highest BCUT2D eigenvalue weighted by Gasteiger charge is 2.68. The molecule has 0 unspecified atom stereocenters. The summed E-state index contributed by atoms with van der Waals surface area (Å²) in [7, 11) is 1.36. The summed E-state index contributed by atoms with van der Waals surface area (Å²) >= 11 is 0. The zero-order valence-corrected chi connectivity index (χ0v) is 16.9. The molecule has 1 aliphatic heterocycles. The second kappa shape index (κ2) is 6.55. The van der Waals surface area contributed by atoms with Crippen molar-refractivity contribution in [1.29, 1.82) is 0 Å². The molecule has 0 spiro atoms. The van der Waals surface area contributed by atoms with Gasteiger partial charge >= 0.3 is 5.97 Å². The van der Waals surface area contributed by atoms with E-state index in [-0.39, 0.29) is 24.9 Å². The number of hydrogen-bond acceptors (Lipinski definition) is 6. The number of rotatable bonds is 3. The largest absolute Gasteiger partial charge is 0.469 e. The standard InChI is InChI=1S/C21H34O6/c1-6-21(12-22)11-13(23)16-18(2)9-8-15(24)20(4,17(25)26-5)14(18)7-10-19(16,3)27-21/h6,13-16,22-24H,1,7-12H2,2-5H3/t13-,14-,15-,16-,18-,19+,20-,21-/m1/s1. The third-order valence-corrected chi connectivity index (χ3v) is 8.11. The Balaban J connectivity index is 2.05. The van der Waals surface area contributed by atoms with E-state index in [1.807, 2.05) is 6.92 Å². The van der Waals surface area contributed by atoms with Crippen molar-refractivity contribution in [2.75, 3.05) is 13.7 Å². The van der Waals surface area contributed by atoms with E-state index in [4.69, 9.17) is 9.47 Å². The molecule has 3 aliphatic rings.